The van der Waals surface area contributed by atoms with E-state index in [0.717, 1.165) is 13.8 Å². The van der Waals surface area contributed by atoms with Gasteiger partial charge in [0.05, 0.1) is 12.0 Å². The van der Waals surface area contributed by atoms with E-state index in [9.17, 15) is 13.2 Å². The first-order valence-electron chi connectivity index (χ1n) is 4.34. The SMILES string of the molecule is [C-]#[N+]c1ccc(C(C)(C)C(F)(F)F)cc1. The van der Waals surface area contributed by atoms with Gasteiger partial charge in [0.25, 0.3) is 0 Å². The molecule has 0 bridgehead atoms. The second kappa shape index (κ2) is 3.58. The van der Waals surface area contributed by atoms with Crippen molar-refractivity contribution in [3.63, 3.8) is 0 Å². The van der Waals surface area contributed by atoms with Gasteiger partial charge in [-0.25, -0.2) is 4.85 Å². The summed E-state index contributed by atoms with van der Waals surface area (Å²) in [6, 6.07) is 5.49. The molecule has 1 aromatic carbocycles. The molecule has 0 radical (unpaired) electrons. The minimum atomic E-state index is -4.29. The molecule has 0 amide bonds. The Morgan fingerprint density at radius 2 is 1.53 bits per heavy atom. The van der Waals surface area contributed by atoms with E-state index in [4.69, 9.17) is 6.57 Å². The van der Waals surface area contributed by atoms with Crippen molar-refractivity contribution in [2.45, 2.75) is 25.4 Å². The Hall–Kier alpha value is -1.50. The fraction of sp³-hybridized carbons (Fsp3) is 0.364. The zero-order chi connectivity index (χ0) is 11.7. The van der Waals surface area contributed by atoms with Gasteiger partial charge >= 0.3 is 6.18 Å². The highest BCUT2D eigenvalue weighted by molar-refractivity contribution is 5.46. The number of alkyl halides is 3. The lowest BCUT2D eigenvalue weighted by atomic mass is 9.84. The number of hydrogen-bond donors (Lipinski definition) is 0. The molecule has 1 rings (SSSR count). The molecular weight excluding hydrogens is 203 g/mol. The van der Waals surface area contributed by atoms with Crippen molar-refractivity contribution in [1.29, 1.82) is 0 Å². The van der Waals surface area contributed by atoms with Crippen LogP contribution < -0.4 is 0 Å². The van der Waals surface area contributed by atoms with Crippen molar-refractivity contribution >= 4 is 5.69 Å². The number of halogens is 3. The summed E-state index contributed by atoms with van der Waals surface area (Å²) in [7, 11) is 0. The first-order valence-corrected chi connectivity index (χ1v) is 4.34. The quantitative estimate of drug-likeness (QED) is 0.619. The maximum Gasteiger partial charge on any atom is 0.397 e. The van der Waals surface area contributed by atoms with Crippen LogP contribution in [0.2, 0.25) is 0 Å². The lowest BCUT2D eigenvalue weighted by Gasteiger charge is -2.28. The average molecular weight is 213 g/mol. The molecule has 0 atom stereocenters. The van der Waals surface area contributed by atoms with Gasteiger partial charge in [-0.2, -0.15) is 13.2 Å². The molecule has 1 aromatic rings. The van der Waals surface area contributed by atoms with Gasteiger partial charge in [0, 0.05) is 0 Å². The third kappa shape index (κ3) is 2.12. The highest BCUT2D eigenvalue weighted by atomic mass is 19.4. The summed E-state index contributed by atoms with van der Waals surface area (Å²) in [5, 5.41) is 0. The molecule has 0 aliphatic carbocycles. The van der Waals surface area contributed by atoms with Crippen LogP contribution in [0.4, 0.5) is 18.9 Å². The molecule has 0 aliphatic heterocycles. The number of rotatable bonds is 1. The second-order valence-corrected chi connectivity index (χ2v) is 3.78. The normalized spacial score (nSPS) is 12.3. The van der Waals surface area contributed by atoms with Crippen LogP contribution in [0.1, 0.15) is 19.4 Å². The van der Waals surface area contributed by atoms with Crippen LogP contribution in [0, 0.1) is 6.57 Å². The monoisotopic (exact) mass is 213 g/mol. The molecule has 0 heterocycles. The van der Waals surface area contributed by atoms with Gasteiger partial charge < -0.3 is 0 Å². The van der Waals surface area contributed by atoms with Crippen molar-refractivity contribution in [1.82, 2.24) is 0 Å². The smallest absolute Gasteiger partial charge is 0.238 e. The topological polar surface area (TPSA) is 4.36 Å². The Kier molecular flexibility index (Phi) is 2.76. The van der Waals surface area contributed by atoms with Crippen molar-refractivity contribution in [2.24, 2.45) is 0 Å². The van der Waals surface area contributed by atoms with Crippen molar-refractivity contribution in [3.05, 3.63) is 41.2 Å². The highest BCUT2D eigenvalue weighted by Crippen LogP contribution is 2.40. The maximum atomic E-state index is 12.6. The maximum absolute atomic E-state index is 12.6. The second-order valence-electron chi connectivity index (χ2n) is 3.78. The van der Waals surface area contributed by atoms with Gasteiger partial charge in [0.1, 0.15) is 0 Å². The minimum Gasteiger partial charge on any atom is -0.238 e. The predicted octanol–water partition coefficient (Wildman–Crippen LogP) is 4.08. The van der Waals surface area contributed by atoms with E-state index in [2.05, 4.69) is 4.85 Å². The Labute approximate surface area is 86.4 Å². The highest BCUT2D eigenvalue weighted by Gasteiger charge is 2.48. The molecule has 0 fully saturated rings. The minimum absolute atomic E-state index is 0.169. The van der Waals surface area contributed by atoms with E-state index in [0.29, 0.717) is 5.69 Å². The Morgan fingerprint density at radius 1 is 1.07 bits per heavy atom. The third-order valence-electron chi connectivity index (χ3n) is 2.43. The molecule has 0 spiro atoms. The summed E-state index contributed by atoms with van der Waals surface area (Å²) in [5.74, 6) is 0. The third-order valence-corrected chi connectivity index (χ3v) is 2.43. The summed E-state index contributed by atoms with van der Waals surface area (Å²) in [5.41, 5.74) is -1.37. The van der Waals surface area contributed by atoms with E-state index in [1.54, 1.807) is 0 Å². The predicted molar refractivity (Wildman–Crippen MR) is 51.8 cm³/mol. The van der Waals surface area contributed by atoms with E-state index < -0.39 is 11.6 Å². The Morgan fingerprint density at radius 3 is 1.87 bits per heavy atom. The van der Waals surface area contributed by atoms with E-state index >= 15 is 0 Å². The Bertz CT molecular complexity index is 382. The molecule has 0 saturated carbocycles. The van der Waals surface area contributed by atoms with Crippen LogP contribution >= 0.6 is 0 Å². The van der Waals surface area contributed by atoms with Gasteiger partial charge in [-0.3, -0.25) is 0 Å². The molecule has 0 aliphatic rings. The lowest BCUT2D eigenvalue weighted by Crippen LogP contribution is -2.36. The van der Waals surface area contributed by atoms with Crippen LogP contribution in [0.15, 0.2) is 24.3 Å². The number of nitrogens with zero attached hydrogens (tertiary/aromatic N) is 1. The van der Waals surface area contributed by atoms with Gasteiger partial charge in [-0.05, 0) is 19.4 Å². The van der Waals surface area contributed by atoms with Crippen LogP contribution in [-0.4, -0.2) is 6.18 Å². The van der Waals surface area contributed by atoms with E-state index in [1.165, 1.54) is 24.3 Å². The molecule has 0 saturated heterocycles. The zero-order valence-electron chi connectivity index (χ0n) is 8.39. The molecule has 80 valence electrons. The lowest BCUT2D eigenvalue weighted by molar-refractivity contribution is -0.180. The zero-order valence-corrected chi connectivity index (χ0v) is 8.39. The number of hydrogen-bond acceptors (Lipinski definition) is 0. The first kappa shape index (κ1) is 11.6. The van der Waals surface area contributed by atoms with Gasteiger partial charge in [-0.15, -0.1) is 0 Å². The summed E-state index contributed by atoms with van der Waals surface area (Å²) in [6.07, 6.45) is -4.29. The van der Waals surface area contributed by atoms with Crippen molar-refractivity contribution in [3.8, 4) is 0 Å². The molecule has 0 N–H and O–H groups in total. The Balaban J connectivity index is 3.13. The van der Waals surface area contributed by atoms with Crippen LogP contribution in [0.5, 0.6) is 0 Å². The molecule has 0 aromatic heterocycles. The fourth-order valence-electron chi connectivity index (χ4n) is 1.12. The van der Waals surface area contributed by atoms with Crippen molar-refractivity contribution < 1.29 is 13.2 Å². The van der Waals surface area contributed by atoms with Crippen LogP contribution in [-0.2, 0) is 5.41 Å². The summed E-state index contributed by atoms with van der Waals surface area (Å²) >= 11 is 0. The summed E-state index contributed by atoms with van der Waals surface area (Å²) < 4.78 is 37.9. The molecule has 4 heteroatoms. The van der Waals surface area contributed by atoms with Crippen LogP contribution in [0.25, 0.3) is 4.85 Å². The number of benzene rings is 1. The van der Waals surface area contributed by atoms with Crippen molar-refractivity contribution in [2.75, 3.05) is 0 Å². The largest absolute Gasteiger partial charge is 0.397 e. The fourth-order valence-corrected chi connectivity index (χ4v) is 1.12. The molecule has 0 unspecified atom stereocenters. The summed E-state index contributed by atoms with van der Waals surface area (Å²) in [6.45, 7) is 8.95. The molecule has 1 nitrogen and oxygen atoms in total. The van der Waals surface area contributed by atoms with Crippen LogP contribution in [0.3, 0.4) is 0 Å². The van der Waals surface area contributed by atoms with Gasteiger partial charge in [-0.1, -0.05) is 24.3 Å². The average Bonchev–Trinajstić information content (AvgIpc) is 2.16. The molecule has 15 heavy (non-hydrogen) atoms. The standard InChI is InChI=1S/C11H10F3N/c1-10(2,11(12,13)14)8-4-6-9(15-3)7-5-8/h4-7H,1-2H3. The van der Waals surface area contributed by atoms with E-state index in [-0.39, 0.29) is 5.56 Å². The first-order chi connectivity index (χ1) is 6.79. The van der Waals surface area contributed by atoms with Gasteiger partial charge in [0.2, 0.25) is 0 Å². The summed E-state index contributed by atoms with van der Waals surface area (Å²) in [4.78, 5) is 3.12. The van der Waals surface area contributed by atoms with Gasteiger partial charge in [0.15, 0.2) is 5.69 Å². The van der Waals surface area contributed by atoms with E-state index in [1.807, 2.05) is 0 Å². The molecular formula is C11H10F3N.